The molecule has 0 bridgehead atoms. The molecular weight excluding hydrogens is 458 g/mol. The van der Waals surface area contributed by atoms with Gasteiger partial charge in [-0.3, -0.25) is 4.79 Å². The highest BCUT2D eigenvalue weighted by Gasteiger charge is 2.61. The Hall–Kier alpha value is -3.65. The molecule has 188 valence electrons. The molecule has 36 heavy (non-hydrogen) atoms. The zero-order valence-corrected chi connectivity index (χ0v) is 20.7. The zero-order chi connectivity index (χ0) is 25.3. The van der Waals surface area contributed by atoms with Crippen molar-refractivity contribution in [3.63, 3.8) is 0 Å². The fourth-order valence-electron chi connectivity index (χ4n) is 5.10. The number of rotatable bonds is 8. The number of nitrogens with zero attached hydrogens (tertiary/aromatic N) is 1. The van der Waals surface area contributed by atoms with Crippen molar-refractivity contribution in [2.75, 3.05) is 20.8 Å². The van der Waals surface area contributed by atoms with Gasteiger partial charge in [-0.25, -0.2) is 9.78 Å². The Bertz CT molecular complexity index is 1280. The summed E-state index contributed by atoms with van der Waals surface area (Å²) in [5, 5.41) is 7.09. The molecule has 0 spiro atoms. The van der Waals surface area contributed by atoms with Gasteiger partial charge in [0.2, 0.25) is 5.91 Å². The summed E-state index contributed by atoms with van der Waals surface area (Å²) in [6, 6.07) is 17.1. The Balaban J connectivity index is 1.35. The van der Waals surface area contributed by atoms with Gasteiger partial charge in [-0.2, -0.15) is 0 Å². The van der Waals surface area contributed by atoms with Crippen molar-refractivity contribution in [3.05, 3.63) is 54.6 Å². The summed E-state index contributed by atoms with van der Waals surface area (Å²) in [5.74, 6) is 0.959. The van der Waals surface area contributed by atoms with Crippen LogP contribution < -0.4 is 20.1 Å². The minimum absolute atomic E-state index is 0.110. The number of benzene rings is 2. The van der Waals surface area contributed by atoms with E-state index in [4.69, 9.17) is 19.2 Å². The van der Waals surface area contributed by atoms with Crippen LogP contribution in [0.15, 0.2) is 54.6 Å². The highest BCUT2D eigenvalue weighted by atomic mass is 16.5. The van der Waals surface area contributed by atoms with Crippen molar-refractivity contribution >= 4 is 22.8 Å². The molecule has 1 aliphatic heterocycles. The van der Waals surface area contributed by atoms with E-state index in [1.165, 1.54) is 7.11 Å². The van der Waals surface area contributed by atoms with Crippen molar-refractivity contribution in [3.8, 4) is 22.8 Å². The molecular formula is C28H31N3O5. The summed E-state index contributed by atoms with van der Waals surface area (Å²) in [7, 11) is 2.99. The Morgan fingerprint density at radius 1 is 1.14 bits per heavy atom. The Kier molecular flexibility index (Phi) is 6.53. The molecule has 2 aromatic carbocycles. The molecule has 2 aliphatic rings. The fraction of sp³-hybridized carbons (Fsp3) is 0.393. The highest BCUT2D eigenvalue weighted by molar-refractivity contribution is 5.93. The van der Waals surface area contributed by atoms with Gasteiger partial charge in [0.05, 0.1) is 31.5 Å². The van der Waals surface area contributed by atoms with Gasteiger partial charge in [0.1, 0.15) is 23.1 Å². The van der Waals surface area contributed by atoms with E-state index in [1.54, 1.807) is 7.11 Å². The third-order valence-electron chi connectivity index (χ3n) is 7.24. The Morgan fingerprint density at radius 2 is 1.94 bits per heavy atom. The number of amides is 1. The molecule has 1 saturated carbocycles. The second-order valence-corrected chi connectivity index (χ2v) is 9.45. The number of carbonyl (C=O) groups excluding carboxylic acids is 2. The summed E-state index contributed by atoms with van der Waals surface area (Å²) in [6.45, 7) is 2.53. The average Bonchev–Trinajstić information content (AvgIpc) is 3.43. The zero-order valence-electron chi connectivity index (χ0n) is 20.7. The quantitative estimate of drug-likeness (QED) is 0.468. The van der Waals surface area contributed by atoms with Crippen LogP contribution in [0.2, 0.25) is 0 Å². The third-order valence-corrected chi connectivity index (χ3v) is 7.24. The smallest absolute Gasteiger partial charge is 0.331 e. The third kappa shape index (κ3) is 4.48. The minimum atomic E-state index is -0.897. The normalized spacial score (nSPS) is 24.8. The molecule has 2 N–H and O–H groups in total. The van der Waals surface area contributed by atoms with Crippen LogP contribution in [0.1, 0.15) is 26.2 Å². The van der Waals surface area contributed by atoms with Gasteiger partial charge in [-0.05, 0) is 24.5 Å². The van der Waals surface area contributed by atoms with Crippen molar-refractivity contribution in [1.82, 2.24) is 15.6 Å². The number of ether oxygens (including phenoxy) is 3. The predicted molar refractivity (Wildman–Crippen MR) is 136 cm³/mol. The second kappa shape index (κ2) is 9.78. The van der Waals surface area contributed by atoms with Gasteiger partial charge in [-0.1, -0.05) is 43.7 Å². The van der Waals surface area contributed by atoms with Crippen LogP contribution >= 0.6 is 0 Å². The standard InChI is InChI=1S/C28H31N3O5/c1-4-18-15-28(18,27(33)35-3)31-26(32)24-13-20(16-29-24)36-25-14-22(17-8-6-5-7-9-17)30-23-12-19(34-2)10-11-21(23)25/h5-12,14,18,20,24,29H,4,13,15-16H2,1-3H3,(H,31,32). The molecule has 2 fully saturated rings. The van der Waals surface area contributed by atoms with Crippen molar-refractivity contribution in [1.29, 1.82) is 0 Å². The van der Waals surface area contributed by atoms with Gasteiger partial charge in [0, 0.05) is 36.0 Å². The second-order valence-electron chi connectivity index (χ2n) is 9.45. The largest absolute Gasteiger partial charge is 0.497 e. The Morgan fingerprint density at radius 3 is 2.64 bits per heavy atom. The molecule has 4 unspecified atom stereocenters. The molecule has 3 aromatic rings. The van der Waals surface area contributed by atoms with E-state index in [0.717, 1.165) is 34.3 Å². The summed E-state index contributed by atoms with van der Waals surface area (Å²) in [4.78, 5) is 30.2. The van der Waals surface area contributed by atoms with E-state index >= 15 is 0 Å². The van der Waals surface area contributed by atoms with Crippen molar-refractivity contribution in [2.45, 2.75) is 43.9 Å². The Labute approximate surface area is 210 Å². The number of aromatic nitrogens is 1. The summed E-state index contributed by atoms with van der Waals surface area (Å²) in [6.07, 6.45) is 1.69. The van der Waals surface area contributed by atoms with E-state index in [2.05, 4.69) is 10.6 Å². The van der Waals surface area contributed by atoms with E-state index in [0.29, 0.717) is 25.1 Å². The lowest BCUT2D eigenvalue weighted by molar-refractivity contribution is -0.147. The molecule has 4 atom stereocenters. The maximum Gasteiger partial charge on any atom is 0.331 e. The molecule has 1 aliphatic carbocycles. The van der Waals surface area contributed by atoms with Gasteiger partial charge in [0.25, 0.3) is 0 Å². The monoisotopic (exact) mass is 489 g/mol. The number of nitrogens with one attached hydrogen (secondary N) is 2. The number of esters is 1. The first-order chi connectivity index (χ1) is 17.5. The first kappa shape index (κ1) is 24.1. The highest BCUT2D eigenvalue weighted by Crippen LogP contribution is 2.46. The topological polar surface area (TPSA) is 98.8 Å². The molecule has 1 aromatic heterocycles. The van der Waals surface area contributed by atoms with Gasteiger partial charge in [0.15, 0.2) is 0 Å². The fourth-order valence-corrected chi connectivity index (χ4v) is 5.10. The average molecular weight is 490 g/mol. The predicted octanol–water partition coefficient (Wildman–Crippen LogP) is 3.48. The van der Waals surface area contributed by atoms with Crippen LogP contribution in [0.5, 0.6) is 11.5 Å². The molecule has 1 saturated heterocycles. The lowest BCUT2D eigenvalue weighted by Crippen LogP contribution is -2.51. The number of hydrogen-bond donors (Lipinski definition) is 2. The SMILES string of the molecule is CCC1CC1(NC(=O)C1CC(Oc2cc(-c3ccccc3)nc3cc(OC)ccc23)CN1)C(=O)OC. The van der Waals surface area contributed by atoms with Crippen LogP contribution in [0.3, 0.4) is 0 Å². The lowest BCUT2D eigenvalue weighted by atomic mass is 10.1. The number of methoxy groups -OCH3 is 2. The van der Waals surface area contributed by atoms with Gasteiger partial charge in [-0.15, -0.1) is 0 Å². The minimum Gasteiger partial charge on any atom is -0.497 e. The van der Waals surface area contributed by atoms with Crippen LogP contribution in [0.4, 0.5) is 0 Å². The summed E-state index contributed by atoms with van der Waals surface area (Å²) >= 11 is 0. The number of carbonyl (C=O) groups is 2. The van der Waals surface area contributed by atoms with Crippen LogP contribution in [0, 0.1) is 5.92 Å². The molecule has 8 heteroatoms. The van der Waals surface area contributed by atoms with Gasteiger partial charge >= 0.3 is 5.97 Å². The number of hydrogen-bond acceptors (Lipinski definition) is 7. The first-order valence-electron chi connectivity index (χ1n) is 12.3. The van der Waals surface area contributed by atoms with E-state index in [-0.39, 0.29) is 23.9 Å². The van der Waals surface area contributed by atoms with Crippen molar-refractivity contribution < 1.29 is 23.8 Å². The molecule has 0 radical (unpaired) electrons. The van der Waals surface area contributed by atoms with E-state index in [1.807, 2.05) is 61.5 Å². The number of pyridine rings is 1. The molecule has 5 rings (SSSR count). The lowest BCUT2D eigenvalue weighted by Gasteiger charge is -2.20. The van der Waals surface area contributed by atoms with Crippen LogP contribution in [-0.2, 0) is 14.3 Å². The van der Waals surface area contributed by atoms with Gasteiger partial charge < -0.3 is 24.8 Å². The summed E-state index contributed by atoms with van der Waals surface area (Å²) < 4.78 is 16.8. The molecule has 8 nitrogen and oxygen atoms in total. The first-order valence-corrected chi connectivity index (χ1v) is 12.3. The molecule has 2 heterocycles. The number of fused-ring (bicyclic) bond motifs is 1. The van der Waals surface area contributed by atoms with E-state index < -0.39 is 11.6 Å². The maximum atomic E-state index is 13.0. The maximum absolute atomic E-state index is 13.0. The van der Waals surface area contributed by atoms with Crippen LogP contribution in [0.25, 0.3) is 22.2 Å². The van der Waals surface area contributed by atoms with Crippen LogP contribution in [-0.4, -0.2) is 55.3 Å². The van der Waals surface area contributed by atoms with E-state index in [9.17, 15) is 9.59 Å². The molecule has 1 amide bonds. The summed E-state index contributed by atoms with van der Waals surface area (Å²) in [5.41, 5.74) is 1.65. The van der Waals surface area contributed by atoms with Crippen molar-refractivity contribution in [2.24, 2.45) is 5.92 Å².